The van der Waals surface area contributed by atoms with Crippen molar-refractivity contribution in [3.63, 3.8) is 0 Å². The molecule has 3 rings (SSSR count). The normalized spacial score (nSPS) is 12.7. The summed E-state index contributed by atoms with van der Waals surface area (Å²) in [6.07, 6.45) is 2.67. The van der Waals surface area contributed by atoms with Crippen LogP contribution in [0.4, 0.5) is 5.95 Å². The molecule has 0 aromatic carbocycles. The molecular weight excluding hydrogens is 272 g/mol. The highest BCUT2D eigenvalue weighted by Gasteiger charge is 2.10. The Hall–Kier alpha value is -1.99. The molecule has 0 saturated heterocycles. The fourth-order valence-corrected chi connectivity index (χ4v) is 2.58. The van der Waals surface area contributed by atoms with E-state index in [1.807, 2.05) is 17.5 Å². The number of hydrogen-bond donors (Lipinski definition) is 2. The van der Waals surface area contributed by atoms with Gasteiger partial charge in [0, 0.05) is 18.8 Å². The molecule has 6 nitrogen and oxygen atoms in total. The van der Waals surface area contributed by atoms with Crippen LogP contribution in [0.25, 0.3) is 16.3 Å². The molecule has 3 aromatic heterocycles. The first-order valence-corrected chi connectivity index (χ1v) is 7.41. The Morgan fingerprint density at radius 2 is 2.35 bits per heavy atom. The Labute approximate surface area is 120 Å². The van der Waals surface area contributed by atoms with Gasteiger partial charge in [-0.05, 0) is 23.9 Å². The van der Waals surface area contributed by atoms with Gasteiger partial charge in [-0.1, -0.05) is 13.0 Å². The van der Waals surface area contributed by atoms with E-state index in [2.05, 4.69) is 33.4 Å². The van der Waals surface area contributed by atoms with E-state index in [1.165, 1.54) is 0 Å². The van der Waals surface area contributed by atoms with Gasteiger partial charge in [0.2, 0.25) is 5.95 Å². The SMILES string of the molecule is CC[C@H](N)CNc1nc2nccc(-c3cccs3)n2n1. The molecule has 104 valence electrons. The maximum absolute atomic E-state index is 5.88. The van der Waals surface area contributed by atoms with Gasteiger partial charge >= 0.3 is 0 Å². The number of aromatic nitrogens is 4. The van der Waals surface area contributed by atoms with E-state index in [4.69, 9.17) is 5.73 Å². The van der Waals surface area contributed by atoms with Gasteiger partial charge < -0.3 is 11.1 Å². The smallest absolute Gasteiger partial charge is 0.254 e. The molecule has 0 aliphatic heterocycles. The van der Waals surface area contributed by atoms with E-state index in [1.54, 1.807) is 22.0 Å². The Bertz CT molecular complexity index is 690. The van der Waals surface area contributed by atoms with Gasteiger partial charge in [-0.25, -0.2) is 4.98 Å². The number of anilines is 1. The standard InChI is InChI=1S/C13H16N6S/c1-2-9(14)8-16-12-17-13-15-6-5-10(19(13)18-12)11-4-3-7-20-11/h3-7,9H,2,8,14H2,1H3,(H,16,18)/t9-/m0/s1. The Balaban J connectivity index is 1.93. The van der Waals surface area contributed by atoms with Gasteiger partial charge in [-0.3, -0.25) is 0 Å². The van der Waals surface area contributed by atoms with Crippen LogP contribution in [0, 0.1) is 0 Å². The van der Waals surface area contributed by atoms with E-state index in [0.717, 1.165) is 17.0 Å². The summed E-state index contributed by atoms with van der Waals surface area (Å²) in [5, 5.41) is 9.65. The third-order valence-electron chi connectivity index (χ3n) is 3.06. The third-order valence-corrected chi connectivity index (χ3v) is 3.95. The highest BCUT2D eigenvalue weighted by molar-refractivity contribution is 7.13. The van der Waals surface area contributed by atoms with Crippen LogP contribution in [0.15, 0.2) is 29.8 Å². The van der Waals surface area contributed by atoms with Crippen LogP contribution >= 0.6 is 11.3 Å². The molecule has 0 spiro atoms. The minimum absolute atomic E-state index is 0.103. The molecule has 0 unspecified atom stereocenters. The molecule has 0 aliphatic rings. The van der Waals surface area contributed by atoms with E-state index in [9.17, 15) is 0 Å². The van der Waals surface area contributed by atoms with Crippen LogP contribution in [0.3, 0.4) is 0 Å². The number of rotatable bonds is 5. The van der Waals surface area contributed by atoms with Gasteiger partial charge in [0.1, 0.15) is 0 Å². The molecule has 0 saturated carbocycles. The van der Waals surface area contributed by atoms with E-state index >= 15 is 0 Å². The first-order chi connectivity index (χ1) is 9.78. The zero-order valence-corrected chi connectivity index (χ0v) is 12.0. The van der Waals surface area contributed by atoms with Crippen LogP contribution in [-0.2, 0) is 0 Å². The Kier molecular flexibility index (Phi) is 3.62. The molecule has 3 aromatic rings. The fourth-order valence-electron chi connectivity index (χ4n) is 1.85. The second-order valence-corrected chi connectivity index (χ2v) is 5.45. The largest absolute Gasteiger partial charge is 0.351 e. The number of nitrogens with two attached hydrogens (primary N) is 1. The van der Waals surface area contributed by atoms with Crippen LogP contribution in [0.1, 0.15) is 13.3 Å². The molecule has 0 amide bonds. The summed E-state index contributed by atoms with van der Waals surface area (Å²) in [6.45, 7) is 2.71. The number of nitrogens with one attached hydrogen (secondary N) is 1. The van der Waals surface area contributed by atoms with Gasteiger partial charge in [0.15, 0.2) is 0 Å². The molecule has 1 atom stereocenters. The summed E-state index contributed by atoms with van der Waals surface area (Å²) in [6, 6.07) is 6.12. The van der Waals surface area contributed by atoms with Crippen molar-refractivity contribution in [1.82, 2.24) is 19.6 Å². The third kappa shape index (κ3) is 2.50. The average Bonchev–Trinajstić information content (AvgIpc) is 3.12. The number of thiophene rings is 1. The fraction of sp³-hybridized carbons (Fsp3) is 0.308. The lowest BCUT2D eigenvalue weighted by Gasteiger charge is -2.07. The summed E-state index contributed by atoms with van der Waals surface area (Å²) >= 11 is 1.67. The quantitative estimate of drug-likeness (QED) is 0.750. The number of hydrogen-bond acceptors (Lipinski definition) is 6. The van der Waals surface area contributed by atoms with Crippen molar-refractivity contribution >= 4 is 23.1 Å². The lowest BCUT2D eigenvalue weighted by Crippen LogP contribution is -2.28. The monoisotopic (exact) mass is 288 g/mol. The van der Waals surface area contributed by atoms with Crippen LogP contribution in [0.5, 0.6) is 0 Å². The predicted octanol–water partition coefficient (Wildman–Crippen LogP) is 2.00. The van der Waals surface area contributed by atoms with Gasteiger partial charge in [-0.2, -0.15) is 9.50 Å². The van der Waals surface area contributed by atoms with Gasteiger partial charge in [0.05, 0.1) is 10.6 Å². The maximum atomic E-state index is 5.88. The first kappa shape index (κ1) is 13.0. The van der Waals surface area contributed by atoms with Crippen molar-refractivity contribution in [2.75, 3.05) is 11.9 Å². The van der Waals surface area contributed by atoms with Crippen LogP contribution in [0.2, 0.25) is 0 Å². The molecule has 3 N–H and O–H groups in total. The van der Waals surface area contributed by atoms with Gasteiger partial charge in [0.25, 0.3) is 5.78 Å². The minimum atomic E-state index is 0.103. The molecule has 3 heterocycles. The molecule has 0 fully saturated rings. The van der Waals surface area contributed by atoms with Crippen molar-refractivity contribution in [2.45, 2.75) is 19.4 Å². The Morgan fingerprint density at radius 1 is 1.45 bits per heavy atom. The number of fused-ring (bicyclic) bond motifs is 1. The van der Waals surface area contributed by atoms with E-state index in [0.29, 0.717) is 18.3 Å². The predicted molar refractivity (Wildman–Crippen MR) is 80.9 cm³/mol. The molecule has 0 radical (unpaired) electrons. The highest BCUT2D eigenvalue weighted by Crippen LogP contribution is 2.24. The van der Waals surface area contributed by atoms with Crippen molar-refractivity contribution in [3.05, 3.63) is 29.8 Å². The summed E-state index contributed by atoms with van der Waals surface area (Å²) in [5.74, 6) is 1.15. The van der Waals surface area contributed by atoms with Crippen molar-refractivity contribution in [1.29, 1.82) is 0 Å². The lowest BCUT2D eigenvalue weighted by atomic mass is 10.2. The molecular formula is C13H16N6S. The van der Waals surface area contributed by atoms with Crippen molar-refractivity contribution in [3.8, 4) is 10.6 Å². The summed E-state index contributed by atoms with van der Waals surface area (Å²) in [7, 11) is 0. The maximum Gasteiger partial charge on any atom is 0.254 e. The van der Waals surface area contributed by atoms with Crippen molar-refractivity contribution < 1.29 is 0 Å². The number of nitrogens with zero attached hydrogens (tertiary/aromatic N) is 4. The first-order valence-electron chi connectivity index (χ1n) is 6.53. The van der Waals surface area contributed by atoms with Crippen LogP contribution < -0.4 is 11.1 Å². The average molecular weight is 288 g/mol. The second kappa shape index (κ2) is 5.56. The zero-order chi connectivity index (χ0) is 13.9. The summed E-state index contributed by atoms with van der Waals surface area (Å²) in [4.78, 5) is 9.75. The summed E-state index contributed by atoms with van der Waals surface area (Å²) < 4.78 is 1.76. The molecule has 7 heteroatoms. The Morgan fingerprint density at radius 3 is 3.10 bits per heavy atom. The topological polar surface area (TPSA) is 81.1 Å². The zero-order valence-electron chi connectivity index (χ0n) is 11.2. The van der Waals surface area contributed by atoms with Crippen LogP contribution in [-0.4, -0.2) is 32.2 Å². The van der Waals surface area contributed by atoms with Crippen molar-refractivity contribution in [2.24, 2.45) is 5.73 Å². The lowest BCUT2D eigenvalue weighted by molar-refractivity contribution is 0.676. The van der Waals surface area contributed by atoms with Gasteiger partial charge in [-0.15, -0.1) is 16.4 Å². The molecule has 0 bridgehead atoms. The highest BCUT2D eigenvalue weighted by atomic mass is 32.1. The molecule has 20 heavy (non-hydrogen) atoms. The second-order valence-electron chi connectivity index (χ2n) is 4.50. The molecule has 0 aliphatic carbocycles. The minimum Gasteiger partial charge on any atom is -0.351 e. The van der Waals surface area contributed by atoms with E-state index < -0.39 is 0 Å². The van der Waals surface area contributed by atoms with E-state index in [-0.39, 0.29) is 6.04 Å². The summed E-state index contributed by atoms with van der Waals surface area (Å²) in [5.41, 5.74) is 6.87.